The molecule has 1 amide bonds. The van der Waals surface area contributed by atoms with Crippen molar-refractivity contribution in [1.82, 2.24) is 5.32 Å². The number of amides is 1. The minimum absolute atomic E-state index is 0.0753. The summed E-state index contributed by atoms with van der Waals surface area (Å²) in [4.78, 5) is 11.1. The van der Waals surface area contributed by atoms with Gasteiger partial charge in [-0.15, -0.1) is 5.10 Å². The lowest BCUT2D eigenvalue weighted by molar-refractivity contribution is -0.116. The van der Waals surface area contributed by atoms with Crippen molar-refractivity contribution >= 4 is 29.1 Å². The zero-order valence-electron chi connectivity index (χ0n) is 13.9. The number of halogens is 1. The van der Waals surface area contributed by atoms with E-state index >= 15 is 0 Å². The maximum Gasteiger partial charge on any atom is 0.236 e. The number of nitrogens with zero attached hydrogens (tertiary/aromatic N) is 2. The van der Waals surface area contributed by atoms with Gasteiger partial charge in [-0.25, -0.2) is 4.39 Å². The fraction of sp³-hybridized carbons (Fsp3) is 0.167. The maximum atomic E-state index is 12.9. The number of benzene rings is 2. The molecule has 2 aromatic rings. The molecule has 0 radical (unpaired) electrons. The summed E-state index contributed by atoms with van der Waals surface area (Å²) in [6.45, 7) is 0.261. The van der Waals surface area contributed by atoms with E-state index < -0.39 is 0 Å². The molecule has 1 aliphatic heterocycles. The van der Waals surface area contributed by atoms with E-state index in [0.29, 0.717) is 22.4 Å². The molecule has 134 valence electrons. The highest BCUT2D eigenvalue weighted by atomic mass is 32.2. The number of nitrogens with one attached hydrogen (secondary N) is 1. The normalized spacial score (nSPS) is 15.5. The molecule has 1 fully saturated rings. The van der Waals surface area contributed by atoms with Gasteiger partial charge in [-0.3, -0.25) is 4.79 Å². The van der Waals surface area contributed by atoms with E-state index in [-0.39, 0.29) is 18.3 Å². The van der Waals surface area contributed by atoms with Crippen LogP contribution < -0.4 is 14.8 Å². The summed E-state index contributed by atoms with van der Waals surface area (Å²) in [5.41, 5.74) is 1.62. The molecule has 1 aliphatic rings. The van der Waals surface area contributed by atoms with Crippen molar-refractivity contribution in [3.8, 4) is 11.5 Å². The number of hydrogen-bond acceptors (Lipinski definition) is 6. The molecule has 0 spiro atoms. The Labute approximate surface area is 154 Å². The highest BCUT2D eigenvalue weighted by molar-refractivity contribution is 8.15. The first-order valence-corrected chi connectivity index (χ1v) is 8.71. The summed E-state index contributed by atoms with van der Waals surface area (Å²) in [6.07, 6.45) is 1.58. The lowest BCUT2D eigenvalue weighted by atomic mass is 10.1. The molecule has 0 atom stereocenters. The van der Waals surface area contributed by atoms with E-state index in [1.165, 1.54) is 23.9 Å². The molecule has 3 rings (SSSR count). The van der Waals surface area contributed by atoms with Crippen LogP contribution in [0.5, 0.6) is 11.5 Å². The van der Waals surface area contributed by atoms with Crippen LogP contribution in [-0.2, 0) is 11.4 Å². The molecule has 0 unspecified atom stereocenters. The Morgan fingerprint density at radius 2 is 2.08 bits per heavy atom. The van der Waals surface area contributed by atoms with Gasteiger partial charge in [-0.05, 0) is 48.0 Å². The lowest BCUT2D eigenvalue weighted by Crippen LogP contribution is -2.19. The van der Waals surface area contributed by atoms with Gasteiger partial charge in [-0.2, -0.15) is 5.10 Å². The molecule has 1 N–H and O–H groups in total. The standard InChI is InChI=1S/C18H16FN3O3S/c1-24-16-7-2-12(9-20-22-18-21-17(23)11-26-18)8-13(16)10-25-15-5-3-14(19)4-6-15/h2-9H,10-11H2,1H3,(H,21,22,23). The molecule has 2 aromatic carbocycles. The smallest absolute Gasteiger partial charge is 0.236 e. The minimum Gasteiger partial charge on any atom is -0.496 e. The number of ether oxygens (including phenoxy) is 2. The topological polar surface area (TPSA) is 72.3 Å². The van der Waals surface area contributed by atoms with Crippen LogP contribution in [0.1, 0.15) is 11.1 Å². The predicted molar refractivity (Wildman–Crippen MR) is 99.4 cm³/mol. The molecular formula is C18H16FN3O3S. The van der Waals surface area contributed by atoms with E-state index in [0.717, 1.165) is 11.1 Å². The summed E-state index contributed by atoms with van der Waals surface area (Å²) in [5, 5.41) is 11.0. The first kappa shape index (κ1) is 17.9. The third-order valence-electron chi connectivity index (χ3n) is 3.45. The van der Waals surface area contributed by atoms with Crippen LogP contribution in [0.4, 0.5) is 4.39 Å². The Kier molecular flexibility index (Phi) is 5.85. The molecule has 0 aliphatic carbocycles. The van der Waals surface area contributed by atoms with Gasteiger partial charge in [0.05, 0.1) is 19.1 Å². The monoisotopic (exact) mass is 373 g/mol. The van der Waals surface area contributed by atoms with Gasteiger partial charge < -0.3 is 14.8 Å². The molecule has 0 aromatic heterocycles. The largest absolute Gasteiger partial charge is 0.496 e. The average Bonchev–Trinajstić information content (AvgIpc) is 3.06. The van der Waals surface area contributed by atoms with Crippen LogP contribution in [-0.4, -0.2) is 30.2 Å². The Morgan fingerprint density at radius 1 is 1.27 bits per heavy atom. The summed E-state index contributed by atoms with van der Waals surface area (Å²) in [6, 6.07) is 11.3. The number of carbonyl (C=O) groups is 1. The van der Waals surface area contributed by atoms with Crippen LogP contribution >= 0.6 is 11.8 Å². The van der Waals surface area contributed by atoms with Crippen LogP contribution in [0.3, 0.4) is 0 Å². The van der Waals surface area contributed by atoms with Crippen molar-refractivity contribution in [1.29, 1.82) is 0 Å². The molecule has 1 saturated heterocycles. The van der Waals surface area contributed by atoms with Gasteiger partial charge >= 0.3 is 0 Å². The SMILES string of the molecule is COc1ccc(C=NN=C2NC(=O)CS2)cc1COc1ccc(F)cc1. The van der Waals surface area contributed by atoms with E-state index in [9.17, 15) is 9.18 Å². The van der Waals surface area contributed by atoms with Crippen LogP contribution in [0.15, 0.2) is 52.7 Å². The summed E-state index contributed by atoms with van der Waals surface area (Å²) >= 11 is 1.31. The van der Waals surface area contributed by atoms with Crippen LogP contribution in [0, 0.1) is 5.82 Å². The molecule has 6 nitrogen and oxygen atoms in total. The van der Waals surface area contributed by atoms with Crippen molar-refractivity contribution < 1.29 is 18.7 Å². The fourth-order valence-electron chi connectivity index (χ4n) is 2.21. The van der Waals surface area contributed by atoms with Gasteiger partial charge in [0.1, 0.15) is 23.9 Å². The summed E-state index contributed by atoms with van der Waals surface area (Å²) in [5.74, 6) is 1.21. The summed E-state index contributed by atoms with van der Waals surface area (Å²) in [7, 11) is 1.58. The number of thioether (sulfide) groups is 1. The van der Waals surface area contributed by atoms with Crippen molar-refractivity contribution in [2.75, 3.05) is 12.9 Å². The van der Waals surface area contributed by atoms with Crippen molar-refractivity contribution in [2.24, 2.45) is 10.2 Å². The van der Waals surface area contributed by atoms with Crippen molar-refractivity contribution in [3.63, 3.8) is 0 Å². The molecule has 0 bridgehead atoms. The zero-order valence-corrected chi connectivity index (χ0v) is 14.8. The number of amidine groups is 1. The van der Waals surface area contributed by atoms with E-state index in [1.54, 1.807) is 25.5 Å². The third kappa shape index (κ3) is 4.82. The highest BCUT2D eigenvalue weighted by Gasteiger charge is 2.15. The second-order valence-electron chi connectivity index (χ2n) is 5.30. The highest BCUT2D eigenvalue weighted by Crippen LogP contribution is 2.22. The zero-order chi connectivity index (χ0) is 18.4. The van der Waals surface area contributed by atoms with Crippen molar-refractivity contribution in [2.45, 2.75) is 6.61 Å². The number of hydrogen-bond donors (Lipinski definition) is 1. The first-order valence-electron chi connectivity index (χ1n) is 7.73. The molecular weight excluding hydrogens is 357 g/mol. The van der Waals surface area contributed by atoms with Gasteiger partial charge in [0.25, 0.3) is 0 Å². The predicted octanol–water partition coefficient (Wildman–Crippen LogP) is 2.97. The average molecular weight is 373 g/mol. The number of rotatable bonds is 6. The quantitative estimate of drug-likeness (QED) is 0.624. The molecule has 0 saturated carbocycles. The van der Waals surface area contributed by atoms with Crippen LogP contribution in [0.2, 0.25) is 0 Å². The molecule has 8 heteroatoms. The van der Waals surface area contributed by atoms with Gasteiger partial charge in [-0.1, -0.05) is 11.8 Å². The Hall–Kier alpha value is -2.87. The van der Waals surface area contributed by atoms with Crippen molar-refractivity contribution in [3.05, 3.63) is 59.4 Å². The van der Waals surface area contributed by atoms with E-state index in [1.807, 2.05) is 18.2 Å². The second-order valence-corrected chi connectivity index (χ2v) is 6.26. The maximum absolute atomic E-state index is 12.9. The van der Waals surface area contributed by atoms with Gasteiger partial charge in [0.15, 0.2) is 5.17 Å². The molecule has 26 heavy (non-hydrogen) atoms. The lowest BCUT2D eigenvalue weighted by Gasteiger charge is -2.11. The Morgan fingerprint density at radius 3 is 2.77 bits per heavy atom. The van der Waals surface area contributed by atoms with Crippen LogP contribution in [0.25, 0.3) is 0 Å². The Balaban J connectivity index is 1.69. The van der Waals surface area contributed by atoms with Gasteiger partial charge in [0.2, 0.25) is 5.91 Å². The number of methoxy groups -OCH3 is 1. The second kappa shape index (κ2) is 8.48. The minimum atomic E-state index is -0.314. The van der Waals surface area contributed by atoms with E-state index in [4.69, 9.17) is 9.47 Å². The Bertz CT molecular complexity index is 853. The van der Waals surface area contributed by atoms with Gasteiger partial charge in [0, 0.05) is 5.56 Å². The number of carbonyl (C=O) groups excluding carboxylic acids is 1. The third-order valence-corrected chi connectivity index (χ3v) is 4.32. The molecule has 1 heterocycles. The summed E-state index contributed by atoms with van der Waals surface area (Å²) < 4.78 is 24.0. The van der Waals surface area contributed by atoms with E-state index in [2.05, 4.69) is 15.5 Å². The fourth-order valence-corrected chi connectivity index (χ4v) is 2.84. The first-order chi connectivity index (χ1) is 12.6.